The summed E-state index contributed by atoms with van der Waals surface area (Å²) >= 11 is 0. The van der Waals surface area contributed by atoms with E-state index in [0.29, 0.717) is 10.1 Å². The molecule has 14 heteroatoms. The van der Waals surface area contributed by atoms with Crippen LogP contribution in [0.5, 0.6) is 0 Å². The Bertz CT molecular complexity index is 1460. The number of fused-ring (bicyclic) bond motifs is 2. The summed E-state index contributed by atoms with van der Waals surface area (Å²) in [4.78, 5) is 65.5. The van der Waals surface area contributed by atoms with Gasteiger partial charge in [0.05, 0.1) is 12.4 Å². The first-order chi connectivity index (χ1) is 14.2. The van der Waals surface area contributed by atoms with Gasteiger partial charge in [0.2, 0.25) is 0 Å². The lowest BCUT2D eigenvalue weighted by atomic mass is 10.5. The first-order valence-electron chi connectivity index (χ1n) is 8.40. The fourth-order valence-corrected chi connectivity index (χ4v) is 4.39. The lowest BCUT2D eigenvalue weighted by molar-refractivity contribution is 0.701. The van der Waals surface area contributed by atoms with Gasteiger partial charge in [-0.2, -0.15) is 0 Å². The summed E-state index contributed by atoms with van der Waals surface area (Å²) in [5, 5.41) is 0.881. The molecule has 30 heavy (non-hydrogen) atoms. The van der Waals surface area contributed by atoms with Gasteiger partial charge in [-0.25, -0.2) is 29.5 Å². The van der Waals surface area contributed by atoms with E-state index in [-0.39, 0.29) is 22.3 Å². The number of hydrogen-bond acceptors (Lipinski definition) is 10. The molecule has 0 atom stereocenters. The first kappa shape index (κ1) is 20.0. The van der Waals surface area contributed by atoms with Crippen molar-refractivity contribution in [2.24, 2.45) is 28.2 Å². The Hall–Kier alpha value is -3.26. The Morgan fingerprint density at radius 1 is 0.633 bits per heavy atom. The molecule has 154 valence electrons. The zero-order valence-corrected chi connectivity index (χ0v) is 17.8. The second kappa shape index (κ2) is 7.21. The zero-order chi connectivity index (χ0) is 21.7. The number of nitrogens with zero attached hydrogens (tertiary/aromatic N) is 8. The third-order valence-electron chi connectivity index (χ3n) is 4.47. The fraction of sp³-hybridized carbons (Fsp3) is 0.250. The third-order valence-corrected chi connectivity index (χ3v) is 6.57. The highest BCUT2D eigenvalue weighted by molar-refractivity contribution is 8.76. The van der Waals surface area contributed by atoms with E-state index < -0.39 is 22.5 Å². The van der Waals surface area contributed by atoms with Gasteiger partial charge < -0.3 is 0 Å². The minimum Gasteiger partial charge on any atom is -0.279 e. The van der Waals surface area contributed by atoms with E-state index in [1.54, 1.807) is 0 Å². The average molecular weight is 446 g/mol. The van der Waals surface area contributed by atoms with E-state index in [2.05, 4.69) is 19.9 Å². The first-order valence-corrected chi connectivity index (χ1v) is 10.6. The van der Waals surface area contributed by atoms with Crippen LogP contribution < -0.4 is 22.5 Å². The molecule has 0 radical (unpaired) electrons. The van der Waals surface area contributed by atoms with E-state index in [0.717, 1.165) is 9.13 Å². The van der Waals surface area contributed by atoms with Gasteiger partial charge in [-0.05, 0) is 21.6 Å². The van der Waals surface area contributed by atoms with Crippen LogP contribution in [-0.4, -0.2) is 38.2 Å². The Morgan fingerprint density at radius 2 is 1.00 bits per heavy atom. The third kappa shape index (κ3) is 3.04. The van der Waals surface area contributed by atoms with E-state index in [4.69, 9.17) is 0 Å². The van der Waals surface area contributed by atoms with Crippen LogP contribution in [0.1, 0.15) is 0 Å². The van der Waals surface area contributed by atoms with Gasteiger partial charge in [-0.1, -0.05) is 0 Å². The monoisotopic (exact) mass is 446 g/mol. The van der Waals surface area contributed by atoms with Crippen molar-refractivity contribution in [3.63, 3.8) is 0 Å². The molecule has 0 bridgehead atoms. The highest BCUT2D eigenvalue weighted by Gasteiger charge is 2.14. The molecule has 4 heterocycles. The summed E-state index contributed by atoms with van der Waals surface area (Å²) in [6.07, 6.45) is 2.84. The molecule has 0 saturated carbocycles. The van der Waals surface area contributed by atoms with E-state index >= 15 is 0 Å². The summed E-state index contributed by atoms with van der Waals surface area (Å²) in [5.41, 5.74) is -1.52. The summed E-state index contributed by atoms with van der Waals surface area (Å²) in [7, 11) is 8.15. The quantitative estimate of drug-likeness (QED) is 0.366. The molecular formula is C16H14N8O4S2. The van der Waals surface area contributed by atoms with Crippen LogP contribution in [0, 0.1) is 0 Å². The number of aromatic nitrogens is 8. The van der Waals surface area contributed by atoms with Crippen LogP contribution in [0.4, 0.5) is 0 Å². The SMILES string of the molecule is Cn1c(=O)c2ncc(SSc3cnc4c(=O)n(C)c(=O)n(C)c4n3)nc2n(C)c1=O. The van der Waals surface area contributed by atoms with Gasteiger partial charge >= 0.3 is 11.4 Å². The van der Waals surface area contributed by atoms with Gasteiger partial charge in [-0.3, -0.25) is 27.9 Å². The van der Waals surface area contributed by atoms with Gasteiger partial charge in [-0.15, -0.1) is 0 Å². The largest absolute Gasteiger partial charge is 0.332 e. The molecule has 0 spiro atoms. The molecule has 0 saturated heterocycles. The molecule has 0 fully saturated rings. The van der Waals surface area contributed by atoms with Gasteiger partial charge in [0, 0.05) is 28.2 Å². The zero-order valence-electron chi connectivity index (χ0n) is 16.2. The van der Waals surface area contributed by atoms with E-state index in [1.165, 1.54) is 71.3 Å². The molecule has 0 aliphatic heterocycles. The summed E-state index contributed by atoms with van der Waals surface area (Å²) in [6.45, 7) is 0. The molecule has 0 aromatic carbocycles. The smallest absolute Gasteiger partial charge is 0.279 e. The Labute approximate surface area is 174 Å². The second-order valence-corrected chi connectivity index (χ2v) is 8.51. The topological polar surface area (TPSA) is 140 Å². The van der Waals surface area contributed by atoms with Gasteiger partial charge in [0.25, 0.3) is 11.1 Å². The van der Waals surface area contributed by atoms with Crippen LogP contribution in [0.3, 0.4) is 0 Å². The molecule has 4 aromatic rings. The number of aryl methyl sites for hydroxylation is 2. The molecule has 4 rings (SSSR count). The normalized spacial score (nSPS) is 11.5. The van der Waals surface area contributed by atoms with Crippen molar-refractivity contribution in [1.82, 2.24) is 38.2 Å². The molecule has 0 aliphatic rings. The van der Waals surface area contributed by atoms with Crippen molar-refractivity contribution in [3.8, 4) is 0 Å². The van der Waals surface area contributed by atoms with Crippen LogP contribution in [0.25, 0.3) is 22.3 Å². The number of rotatable bonds is 3. The van der Waals surface area contributed by atoms with Gasteiger partial charge in [0.1, 0.15) is 10.1 Å². The molecular weight excluding hydrogens is 432 g/mol. The summed E-state index contributed by atoms with van der Waals surface area (Å²) in [5.74, 6) is 0. The molecule has 0 unspecified atom stereocenters. The Morgan fingerprint density at radius 3 is 1.37 bits per heavy atom. The maximum absolute atomic E-state index is 12.2. The van der Waals surface area contributed by atoms with E-state index in [1.807, 2.05) is 0 Å². The molecule has 4 aromatic heterocycles. The van der Waals surface area contributed by atoms with Crippen molar-refractivity contribution in [1.29, 1.82) is 0 Å². The highest BCUT2D eigenvalue weighted by Crippen LogP contribution is 2.35. The Kier molecular flexibility index (Phi) is 4.82. The maximum atomic E-state index is 12.2. The molecule has 0 aliphatic carbocycles. The van der Waals surface area contributed by atoms with Crippen LogP contribution >= 0.6 is 21.6 Å². The van der Waals surface area contributed by atoms with Crippen molar-refractivity contribution >= 4 is 43.9 Å². The predicted octanol–water partition coefficient (Wildman–Crippen LogP) is -0.833. The average Bonchev–Trinajstić information content (AvgIpc) is 2.76. The Balaban J connectivity index is 1.71. The summed E-state index contributed by atoms with van der Waals surface area (Å²) in [6, 6.07) is 0. The molecule has 0 amide bonds. The highest BCUT2D eigenvalue weighted by atomic mass is 33.1. The predicted molar refractivity (Wildman–Crippen MR) is 112 cm³/mol. The number of hydrogen-bond donors (Lipinski definition) is 0. The van der Waals surface area contributed by atoms with Crippen molar-refractivity contribution in [2.75, 3.05) is 0 Å². The maximum Gasteiger partial charge on any atom is 0.332 e. The van der Waals surface area contributed by atoms with Crippen molar-refractivity contribution in [3.05, 3.63) is 54.1 Å². The van der Waals surface area contributed by atoms with E-state index in [9.17, 15) is 19.2 Å². The minimum absolute atomic E-state index is 0.0882. The van der Waals surface area contributed by atoms with Crippen LogP contribution in [-0.2, 0) is 28.2 Å². The van der Waals surface area contributed by atoms with Gasteiger partial charge in [0.15, 0.2) is 22.3 Å². The van der Waals surface area contributed by atoms with Crippen LogP contribution in [0.15, 0.2) is 41.6 Å². The lowest BCUT2D eigenvalue weighted by Crippen LogP contribution is -2.37. The molecule has 12 nitrogen and oxygen atoms in total. The minimum atomic E-state index is -0.521. The standard InChI is InChI=1S/C16H14N8O4S2/c1-21-11-9(13(25)23(3)15(21)27)17-5-7(19-11)29-30-8-6-18-10-12(20-8)22(2)16(28)24(4)14(10)26/h5-6H,1-4H3. The fourth-order valence-electron chi connectivity index (χ4n) is 2.79. The molecule has 0 N–H and O–H groups in total. The second-order valence-electron chi connectivity index (χ2n) is 6.34. The van der Waals surface area contributed by atoms with Crippen molar-refractivity contribution in [2.45, 2.75) is 10.1 Å². The van der Waals surface area contributed by atoms with Crippen LogP contribution in [0.2, 0.25) is 0 Å². The van der Waals surface area contributed by atoms with Crippen molar-refractivity contribution < 1.29 is 0 Å². The summed E-state index contributed by atoms with van der Waals surface area (Å²) < 4.78 is 4.44. The lowest BCUT2D eigenvalue weighted by Gasteiger charge is -2.08.